The van der Waals surface area contributed by atoms with Crippen LogP contribution >= 0.6 is 11.6 Å². The fraction of sp³-hybridized carbons (Fsp3) is 0.143. The molecule has 0 aliphatic rings. The number of hydrogen-bond donors (Lipinski definition) is 1. The van der Waals surface area contributed by atoms with E-state index in [0.29, 0.717) is 17.1 Å². The molecule has 0 radical (unpaired) electrons. The van der Waals surface area contributed by atoms with Gasteiger partial charge in [-0.1, -0.05) is 23.7 Å². The first-order valence-corrected chi connectivity index (χ1v) is 5.98. The van der Waals surface area contributed by atoms with Gasteiger partial charge in [0.25, 0.3) is 0 Å². The summed E-state index contributed by atoms with van der Waals surface area (Å²) in [5.74, 6) is -3.91. The van der Waals surface area contributed by atoms with Crippen molar-refractivity contribution in [3.8, 4) is 11.1 Å². The van der Waals surface area contributed by atoms with E-state index in [4.69, 9.17) is 11.6 Å². The van der Waals surface area contributed by atoms with Crippen LogP contribution in [0, 0.1) is 17.5 Å². The summed E-state index contributed by atoms with van der Waals surface area (Å²) in [5.41, 5.74) is 1.65. The summed E-state index contributed by atoms with van der Waals surface area (Å²) >= 11 is 6.07. The molecule has 0 heterocycles. The van der Waals surface area contributed by atoms with Crippen molar-refractivity contribution in [2.45, 2.75) is 6.54 Å². The van der Waals surface area contributed by atoms with Crippen LogP contribution in [0.5, 0.6) is 0 Å². The summed E-state index contributed by atoms with van der Waals surface area (Å²) in [4.78, 5) is 0. The SMILES string of the molecule is CNCc1ccc(-c2cc(F)c(F)c(F)c2)cc1Cl. The molecule has 0 amide bonds. The fourth-order valence-electron chi connectivity index (χ4n) is 1.78. The van der Waals surface area contributed by atoms with E-state index in [2.05, 4.69) is 5.32 Å². The Bertz CT molecular complexity index is 591. The van der Waals surface area contributed by atoms with E-state index in [9.17, 15) is 13.2 Å². The Morgan fingerprint density at radius 2 is 1.63 bits per heavy atom. The second-order valence-corrected chi connectivity index (χ2v) is 4.50. The highest BCUT2D eigenvalue weighted by Gasteiger charge is 2.12. The second kappa shape index (κ2) is 5.63. The average molecular weight is 286 g/mol. The second-order valence-electron chi connectivity index (χ2n) is 4.09. The van der Waals surface area contributed by atoms with Gasteiger partial charge in [-0.2, -0.15) is 0 Å². The third kappa shape index (κ3) is 2.91. The third-order valence-corrected chi connectivity index (χ3v) is 3.09. The lowest BCUT2D eigenvalue weighted by Crippen LogP contribution is -2.05. The molecule has 5 heteroatoms. The molecule has 0 saturated carbocycles. The van der Waals surface area contributed by atoms with Gasteiger partial charge in [-0.25, -0.2) is 13.2 Å². The quantitative estimate of drug-likeness (QED) is 0.836. The van der Waals surface area contributed by atoms with Gasteiger partial charge in [-0.3, -0.25) is 0 Å². The molecule has 2 aromatic carbocycles. The lowest BCUT2D eigenvalue weighted by atomic mass is 10.0. The summed E-state index contributed by atoms with van der Waals surface area (Å²) < 4.78 is 39.2. The van der Waals surface area contributed by atoms with Gasteiger partial charge in [0.1, 0.15) is 0 Å². The fourth-order valence-corrected chi connectivity index (χ4v) is 2.03. The topological polar surface area (TPSA) is 12.0 Å². The Labute approximate surface area is 114 Å². The molecule has 1 nitrogen and oxygen atoms in total. The predicted octanol–water partition coefficient (Wildman–Crippen LogP) is 4.14. The minimum Gasteiger partial charge on any atom is -0.316 e. The first-order chi connectivity index (χ1) is 9.02. The van der Waals surface area contributed by atoms with Gasteiger partial charge in [0.2, 0.25) is 0 Å². The monoisotopic (exact) mass is 285 g/mol. The average Bonchev–Trinajstić information content (AvgIpc) is 2.38. The largest absolute Gasteiger partial charge is 0.316 e. The molecule has 0 bridgehead atoms. The summed E-state index contributed by atoms with van der Waals surface area (Å²) in [5, 5.41) is 3.44. The minimum atomic E-state index is -1.47. The Morgan fingerprint density at radius 3 is 2.16 bits per heavy atom. The van der Waals surface area contributed by atoms with Crippen molar-refractivity contribution in [1.29, 1.82) is 0 Å². The molecule has 0 fully saturated rings. The number of nitrogens with one attached hydrogen (secondary N) is 1. The predicted molar refractivity (Wildman–Crippen MR) is 69.5 cm³/mol. The first kappa shape index (κ1) is 13.9. The zero-order valence-corrected chi connectivity index (χ0v) is 10.9. The summed E-state index contributed by atoms with van der Waals surface area (Å²) in [6, 6.07) is 6.93. The molecule has 0 atom stereocenters. The third-order valence-electron chi connectivity index (χ3n) is 2.74. The van der Waals surface area contributed by atoms with E-state index >= 15 is 0 Å². The maximum Gasteiger partial charge on any atom is 0.194 e. The molecule has 0 spiro atoms. The normalized spacial score (nSPS) is 10.8. The molecule has 1 N–H and O–H groups in total. The van der Waals surface area contributed by atoms with E-state index in [0.717, 1.165) is 17.7 Å². The van der Waals surface area contributed by atoms with Crippen molar-refractivity contribution in [2.75, 3.05) is 7.05 Å². The van der Waals surface area contributed by atoms with Crippen molar-refractivity contribution in [3.63, 3.8) is 0 Å². The van der Waals surface area contributed by atoms with Crippen LogP contribution in [0.4, 0.5) is 13.2 Å². The number of hydrogen-bond acceptors (Lipinski definition) is 1. The maximum atomic E-state index is 13.2. The number of halogens is 4. The minimum absolute atomic E-state index is 0.245. The smallest absolute Gasteiger partial charge is 0.194 e. The standard InChI is InChI=1S/C14H11ClF3N/c1-19-7-9-3-2-8(4-11(9)15)10-5-12(16)14(18)13(17)6-10/h2-6,19H,7H2,1H3. The van der Waals surface area contributed by atoms with Crippen LogP contribution in [0.2, 0.25) is 5.02 Å². The molecule has 2 aromatic rings. The van der Waals surface area contributed by atoms with Gasteiger partial charge in [0, 0.05) is 11.6 Å². The van der Waals surface area contributed by atoms with Crippen LogP contribution < -0.4 is 5.32 Å². The molecular formula is C14H11ClF3N. The van der Waals surface area contributed by atoms with E-state index in [1.807, 2.05) is 0 Å². The Kier molecular flexibility index (Phi) is 4.12. The zero-order valence-electron chi connectivity index (χ0n) is 10.1. The van der Waals surface area contributed by atoms with Gasteiger partial charge in [-0.15, -0.1) is 0 Å². The summed E-state index contributed by atoms with van der Waals surface area (Å²) in [6.07, 6.45) is 0. The Balaban J connectivity index is 2.45. The van der Waals surface area contributed by atoms with Crippen LogP contribution in [-0.4, -0.2) is 7.05 Å². The van der Waals surface area contributed by atoms with Gasteiger partial charge < -0.3 is 5.32 Å². The highest BCUT2D eigenvalue weighted by atomic mass is 35.5. The molecule has 0 aromatic heterocycles. The van der Waals surface area contributed by atoms with Crippen molar-refractivity contribution in [3.05, 3.63) is 58.4 Å². The van der Waals surface area contributed by atoms with Crippen LogP contribution in [-0.2, 0) is 6.54 Å². The van der Waals surface area contributed by atoms with Gasteiger partial charge in [0.15, 0.2) is 17.5 Å². The van der Waals surface area contributed by atoms with Crippen LogP contribution in [0.1, 0.15) is 5.56 Å². The van der Waals surface area contributed by atoms with E-state index in [-0.39, 0.29) is 5.56 Å². The number of rotatable bonds is 3. The lowest BCUT2D eigenvalue weighted by molar-refractivity contribution is 0.448. The van der Waals surface area contributed by atoms with Crippen molar-refractivity contribution in [2.24, 2.45) is 0 Å². The molecule has 0 unspecified atom stereocenters. The molecule has 0 aliphatic carbocycles. The molecule has 100 valence electrons. The van der Waals surface area contributed by atoms with Crippen LogP contribution in [0.25, 0.3) is 11.1 Å². The highest BCUT2D eigenvalue weighted by Crippen LogP contribution is 2.28. The van der Waals surface area contributed by atoms with Gasteiger partial charge in [-0.05, 0) is 41.9 Å². The van der Waals surface area contributed by atoms with E-state index in [1.54, 1.807) is 25.2 Å². The molecule has 0 aliphatic heterocycles. The molecule has 2 rings (SSSR count). The summed E-state index contributed by atoms with van der Waals surface area (Å²) in [7, 11) is 1.79. The Hall–Kier alpha value is -1.52. The van der Waals surface area contributed by atoms with Crippen LogP contribution in [0.15, 0.2) is 30.3 Å². The maximum absolute atomic E-state index is 13.2. The Morgan fingerprint density at radius 1 is 1.00 bits per heavy atom. The van der Waals surface area contributed by atoms with Gasteiger partial charge in [0.05, 0.1) is 0 Å². The number of benzene rings is 2. The van der Waals surface area contributed by atoms with Gasteiger partial charge >= 0.3 is 0 Å². The van der Waals surface area contributed by atoms with Crippen molar-refractivity contribution >= 4 is 11.6 Å². The first-order valence-electron chi connectivity index (χ1n) is 5.61. The zero-order chi connectivity index (χ0) is 14.0. The lowest BCUT2D eigenvalue weighted by Gasteiger charge is -2.08. The molecule has 0 saturated heterocycles. The van der Waals surface area contributed by atoms with E-state index in [1.165, 1.54) is 0 Å². The summed E-state index contributed by atoms with van der Waals surface area (Å²) in [6.45, 7) is 0.589. The van der Waals surface area contributed by atoms with Crippen LogP contribution in [0.3, 0.4) is 0 Å². The highest BCUT2D eigenvalue weighted by molar-refractivity contribution is 6.31. The molecule has 19 heavy (non-hydrogen) atoms. The van der Waals surface area contributed by atoms with Crippen molar-refractivity contribution in [1.82, 2.24) is 5.32 Å². The molecular weight excluding hydrogens is 275 g/mol. The van der Waals surface area contributed by atoms with E-state index < -0.39 is 17.5 Å². The van der Waals surface area contributed by atoms with Crippen molar-refractivity contribution < 1.29 is 13.2 Å².